The molecule has 1 atom stereocenters. The fourth-order valence-electron chi connectivity index (χ4n) is 2.16. The zero-order valence-electron chi connectivity index (χ0n) is 13.7. The van der Waals surface area contributed by atoms with Crippen molar-refractivity contribution < 1.29 is 27.4 Å². The van der Waals surface area contributed by atoms with Crippen molar-refractivity contribution in [3.8, 4) is 11.5 Å². The lowest BCUT2D eigenvalue weighted by Crippen LogP contribution is -2.34. The lowest BCUT2D eigenvalue weighted by molar-refractivity contribution is 0.0113. The molecule has 1 aliphatic heterocycles. The van der Waals surface area contributed by atoms with Crippen LogP contribution in [0.4, 0.5) is 0 Å². The van der Waals surface area contributed by atoms with E-state index in [9.17, 15) is 13.2 Å². The van der Waals surface area contributed by atoms with Gasteiger partial charge in [0.2, 0.25) is 10.0 Å². The molecule has 0 N–H and O–H groups in total. The monoisotopic (exact) mass is 383 g/mol. The van der Waals surface area contributed by atoms with E-state index in [0.29, 0.717) is 11.5 Å². The van der Waals surface area contributed by atoms with Gasteiger partial charge in [-0.1, -0.05) is 12.1 Å². The summed E-state index contributed by atoms with van der Waals surface area (Å²) in [5.74, 6) is 0.666. The summed E-state index contributed by atoms with van der Waals surface area (Å²) in [5, 5.41) is 1.42. The number of esters is 1. The van der Waals surface area contributed by atoms with Gasteiger partial charge in [0.1, 0.15) is 18.1 Å². The second-order valence-corrected chi connectivity index (χ2v) is 8.59. The van der Waals surface area contributed by atoms with E-state index in [1.807, 2.05) is 12.1 Å². The van der Waals surface area contributed by atoms with Crippen LogP contribution in [0, 0.1) is 0 Å². The SMILES string of the molecule is CN(C)S(=O)(=O)c1csc(C(=O)OCC2COc3ccccc3O2)c1. The number of carbonyl (C=O) groups excluding carboxylic acids is 1. The zero-order chi connectivity index (χ0) is 18.0. The third kappa shape index (κ3) is 3.78. The van der Waals surface area contributed by atoms with Gasteiger partial charge in [-0.05, 0) is 18.2 Å². The van der Waals surface area contributed by atoms with Crippen molar-refractivity contribution in [1.29, 1.82) is 0 Å². The van der Waals surface area contributed by atoms with Crippen LogP contribution in [0.3, 0.4) is 0 Å². The van der Waals surface area contributed by atoms with Crippen LogP contribution in [0.15, 0.2) is 40.6 Å². The first kappa shape index (κ1) is 17.7. The molecule has 0 radical (unpaired) electrons. The average molecular weight is 383 g/mol. The Hall–Kier alpha value is -2.10. The van der Waals surface area contributed by atoms with Crippen LogP contribution in [0.1, 0.15) is 9.67 Å². The summed E-state index contributed by atoms with van der Waals surface area (Å²) < 4.78 is 41.6. The molecule has 1 aliphatic rings. The molecule has 134 valence electrons. The van der Waals surface area contributed by atoms with Gasteiger partial charge in [0.15, 0.2) is 17.6 Å². The first-order valence-electron chi connectivity index (χ1n) is 7.44. The van der Waals surface area contributed by atoms with Crippen LogP contribution in [0.25, 0.3) is 0 Å². The Bertz CT molecular complexity index is 874. The molecule has 0 aliphatic carbocycles. The van der Waals surface area contributed by atoms with Crippen LogP contribution in [-0.2, 0) is 14.8 Å². The molecule has 0 spiro atoms. The Balaban J connectivity index is 1.60. The number of fused-ring (bicyclic) bond motifs is 1. The topological polar surface area (TPSA) is 82.1 Å². The number of benzene rings is 1. The van der Waals surface area contributed by atoms with Crippen LogP contribution in [-0.4, -0.2) is 52.1 Å². The Morgan fingerprint density at radius 1 is 1.32 bits per heavy atom. The molecule has 2 heterocycles. The summed E-state index contributed by atoms with van der Waals surface area (Å²) in [6, 6.07) is 8.57. The van der Waals surface area contributed by atoms with Crippen molar-refractivity contribution >= 4 is 27.3 Å². The minimum Gasteiger partial charge on any atom is -0.486 e. The van der Waals surface area contributed by atoms with Crippen LogP contribution < -0.4 is 9.47 Å². The summed E-state index contributed by atoms with van der Waals surface area (Å²) in [7, 11) is -0.700. The first-order chi connectivity index (χ1) is 11.9. The minimum atomic E-state index is -3.57. The molecule has 7 nitrogen and oxygen atoms in total. The smallest absolute Gasteiger partial charge is 0.348 e. The van der Waals surface area contributed by atoms with E-state index < -0.39 is 22.1 Å². The van der Waals surface area contributed by atoms with E-state index in [0.717, 1.165) is 15.6 Å². The van der Waals surface area contributed by atoms with Gasteiger partial charge in [-0.2, -0.15) is 0 Å². The molecule has 25 heavy (non-hydrogen) atoms. The third-order valence-electron chi connectivity index (χ3n) is 3.52. The molecule has 0 bridgehead atoms. The maximum atomic E-state index is 12.1. The van der Waals surface area contributed by atoms with Crippen molar-refractivity contribution in [3.63, 3.8) is 0 Å². The molecule has 3 rings (SSSR count). The van der Waals surface area contributed by atoms with E-state index >= 15 is 0 Å². The van der Waals surface area contributed by atoms with Gasteiger partial charge < -0.3 is 14.2 Å². The number of hydrogen-bond acceptors (Lipinski definition) is 7. The second kappa shape index (κ2) is 7.03. The number of sulfonamides is 1. The summed E-state index contributed by atoms with van der Waals surface area (Å²) in [6.45, 7) is 0.288. The highest BCUT2D eigenvalue weighted by molar-refractivity contribution is 7.89. The second-order valence-electron chi connectivity index (χ2n) is 5.53. The molecule has 0 amide bonds. The van der Waals surface area contributed by atoms with E-state index in [-0.39, 0.29) is 23.0 Å². The summed E-state index contributed by atoms with van der Waals surface area (Å²) in [4.78, 5) is 12.4. The van der Waals surface area contributed by atoms with Crippen LogP contribution in [0.5, 0.6) is 11.5 Å². The quantitative estimate of drug-likeness (QED) is 0.735. The van der Waals surface area contributed by atoms with Gasteiger partial charge in [-0.3, -0.25) is 0 Å². The molecule has 0 saturated heterocycles. The lowest BCUT2D eigenvalue weighted by Gasteiger charge is -2.25. The summed E-state index contributed by atoms with van der Waals surface area (Å²) in [6.07, 6.45) is -0.413. The molecule has 2 aromatic rings. The van der Waals surface area contributed by atoms with Crippen molar-refractivity contribution in [3.05, 3.63) is 40.6 Å². The van der Waals surface area contributed by atoms with Crippen molar-refractivity contribution in [2.75, 3.05) is 27.3 Å². The van der Waals surface area contributed by atoms with E-state index in [1.165, 1.54) is 25.5 Å². The largest absolute Gasteiger partial charge is 0.486 e. The highest BCUT2D eigenvalue weighted by atomic mass is 32.2. The number of ether oxygens (including phenoxy) is 3. The zero-order valence-corrected chi connectivity index (χ0v) is 15.3. The normalized spacial score (nSPS) is 16.7. The molecule has 1 aromatic heterocycles. The maximum Gasteiger partial charge on any atom is 0.348 e. The number of hydrogen-bond donors (Lipinski definition) is 0. The minimum absolute atomic E-state index is 0.0147. The predicted molar refractivity (Wildman–Crippen MR) is 91.8 cm³/mol. The third-order valence-corrected chi connectivity index (χ3v) is 6.38. The van der Waals surface area contributed by atoms with Gasteiger partial charge in [0.25, 0.3) is 0 Å². The van der Waals surface area contributed by atoms with Gasteiger partial charge in [-0.15, -0.1) is 11.3 Å². The first-order valence-corrected chi connectivity index (χ1v) is 9.76. The van der Waals surface area contributed by atoms with Gasteiger partial charge in [0.05, 0.1) is 4.90 Å². The van der Waals surface area contributed by atoms with Gasteiger partial charge in [-0.25, -0.2) is 17.5 Å². The van der Waals surface area contributed by atoms with Crippen molar-refractivity contribution in [2.24, 2.45) is 0 Å². The molecule has 1 unspecified atom stereocenters. The number of thiophene rings is 1. The fraction of sp³-hybridized carbons (Fsp3) is 0.312. The molecule has 9 heteroatoms. The fourth-order valence-corrected chi connectivity index (χ4v) is 4.21. The van der Waals surface area contributed by atoms with Crippen LogP contribution in [0.2, 0.25) is 0 Å². The Morgan fingerprint density at radius 3 is 2.76 bits per heavy atom. The van der Waals surface area contributed by atoms with Crippen LogP contribution >= 0.6 is 11.3 Å². The van der Waals surface area contributed by atoms with E-state index in [1.54, 1.807) is 12.1 Å². The highest BCUT2D eigenvalue weighted by Crippen LogP contribution is 2.31. The Morgan fingerprint density at radius 2 is 2.04 bits per heavy atom. The molecular formula is C16H17NO6S2. The Labute approximate surface area is 149 Å². The number of carbonyl (C=O) groups is 1. The molecular weight excluding hydrogens is 366 g/mol. The van der Waals surface area contributed by atoms with Gasteiger partial charge in [0, 0.05) is 19.5 Å². The van der Waals surface area contributed by atoms with E-state index in [2.05, 4.69) is 0 Å². The maximum absolute atomic E-state index is 12.1. The predicted octanol–water partition coefficient (Wildman–Crippen LogP) is 2.00. The number of nitrogens with zero attached hydrogens (tertiary/aromatic N) is 1. The van der Waals surface area contributed by atoms with Gasteiger partial charge >= 0.3 is 5.97 Å². The Kier molecular flexibility index (Phi) is 4.98. The number of rotatable bonds is 5. The van der Waals surface area contributed by atoms with Crippen molar-refractivity contribution in [1.82, 2.24) is 4.31 Å². The van der Waals surface area contributed by atoms with Crippen molar-refractivity contribution in [2.45, 2.75) is 11.0 Å². The number of para-hydroxylation sites is 2. The standard InChI is InChI=1S/C16H17NO6S2/c1-17(2)25(19,20)12-7-15(24-10-12)16(18)22-9-11-8-21-13-5-3-4-6-14(13)23-11/h3-7,10-11H,8-9H2,1-2H3. The highest BCUT2D eigenvalue weighted by Gasteiger charge is 2.24. The molecule has 0 saturated carbocycles. The molecule has 0 fully saturated rings. The molecule has 1 aromatic carbocycles. The van der Waals surface area contributed by atoms with E-state index in [4.69, 9.17) is 14.2 Å². The average Bonchev–Trinajstić information content (AvgIpc) is 3.10. The lowest BCUT2D eigenvalue weighted by atomic mass is 10.3. The summed E-state index contributed by atoms with van der Waals surface area (Å²) >= 11 is 1.02. The summed E-state index contributed by atoms with van der Waals surface area (Å²) in [5.41, 5.74) is 0.